The van der Waals surface area contributed by atoms with Crippen molar-refractivity contribution in [1.29, 1.82) is 5.26 Å². The number of nitrogens with zero attached hydrogens (tertiary/aromatic N) is 4. The molecule has 4 aromatic rings. The van der Waals surface area contributed by atoms with Gasteiger partial charge in [0.25, 0.3) is 5.70 Å². The first kappa shape index (κ1) is 22.6. The Bertz CT molecular complexity index is 1480. The van der Waals surface area contributed by atoms with Gasteiger partial charge in [-0.05, 0) is 68.0 Å². The molecular weight excluding hydrogens is 448 g/mol. The van der Waals surface area contributed by atoms with Crippen LogP contribution in [0.3, 0.4) is 0 Å². The molecule has 5 heteroatoms. The van der Waals surface area contributed by atoms with Crippen LogP contribution in [0.4, 0.5) is 17.2 Å². The molecule has 0 spiro atoms. The normalized spacial score (nSPS) is 13.5. The van der Waals surface area contributed by atoms with Crippen molar-refractivity contribution in [3.05, 3.63) is 111 Å². The van der Waals surface area contributed by atoms with E-state index in [1.54, 1.807) is 17.4 Å². The highest BCUT2D eigenvalue weighted by atomic mass is 32.1. The van der Waals surface area contributed by atoms with Crippen LogP contribution in [0.2, 0.25) is 0 Å². The Morgan fingerprint density at radius 1 is 1.00 bits per heavy atom. The molecule has 2 aromatic carbocycles. The summed E-state index contributed by atoms with van der Waals surface area (Å²) in [6.07, 6.45) is 1.67. The average molecular weight is 473 g/mol. The van der Waals surface area contributed by atoms with Crippen LogP contribution < -0.4 is 4.90 Å². The molecule has 0 N–H and O–H groups in total. The van der Waals surface area contributed by atoms with Gasteiger partial charge in [-0.2, -0.15) is 0 Å². The van der Waals surface area contributed by atoms with Gasteiger partial charge in [-0.3, -0.25) is 4.90 Å². The number of allylic oxidation sites excluding steroid dienone is 1. The highest BCUT2D eigenvalue weighted by Gasteiger charge is 2.39. The van der Waals surface area contributed by atoms with Crippen LogP contribution in [-0.2, 0) is 5.41 Å². The van der Waals surface area contributed by atoms with Crippen LogP contribution in [0.25, 0.3) is 21.4 Å². The van der Waals surface area contributed by atoms with Gasteiger partial charge in [0, 0.05) is 32.1 Å². The summed E-state index contributed by atoms with van der Waals surface area (Å²) in [6.45, 7) is 15.7. The largest absolute Gasteiger partial charge is 0.295 e. The van der Waals surface area contributed by atoms with E-state index in [1.165, 1.54) is 16.7 Å². The van der Waals surface area contributed by atoms with Crippen LogP contribution in [0.15, 0.2) is 72.4 Å². The van der Waals surface area contributed by atoms with Gasteiger partial charge in [-0.1, -0.05) is 49.2 Å². The third kappa shape index (κ3) is 3.91. The number of rotatable bonds is 4. The second kappa shape index (κ2) is 8.55. The van der Waals surface area contributed by atoms with Crippen molar-refractivity contribution in [1.82, 2.24) is 4.98 Å². The van der Waals surface area contributed by atoms with Crippen molar-refractivity contribution in [2.45, 2.75) is 33.1 Å². The molecule has 0 saturated heterocycles. The number of pyridine rings is 1. The first-order chi connectivity index (χ1) is 16.8. The molecule has 0 fully saturated rings. The Labute approximate surface area is 210 Å². The summed E-state index contributed by atoms with van der Waals surface area (Å²) >= 11 is 1.61. The second-order valence-corrected chi connectivity index (χ2v) is 10.4. The van der Waals surface area contributed by atoms with Crippen molar-refractivity contribution in [3.8, 4) is 16.5 Å². The molecule has 5 rings (SSSR count). The van der Waals surface area contributed by atoms with Crippen molar-refractivity contribution < 1.29 is 0 Å². The van der Waals surface area contributed by atoms with E-state index in [1.807, 2.05) is 6.07 Å². The van der Waals surface area contributed by atoms with Gasteiger partial charge >= 0.3 is 0 Å². The number of nitriles is 1. The maximum Gasteiger partial charge on any atom is 0.263 e. The number of fused-ring (bicyclic) bond motifs is 3. The SMILES string of the molecule is [C-]#[N+]/C(C#N)=C\c1cc2c(s1)-c1ccc(N(c3ccc(C)cc3)c3ccc(C)cc3)nc1C2(C)C. The molecule has 0 unspecified atom stereocenters. The number of anilines is 3. The van der Waals surface area contributed by atoms with Crippen LogP contribution in [0.1, 0.15) is 41.1 Å². The third-order valence-electron chi connectivity index (χ3n) is 6.47. The lowest BCUT2D eigenvalue weighted by molar-refractivity contribution is 0.638. The van der Waals surface area contributed by atoms with Crippen molar-refractivity contribution >= 4 is 34.6 Å². The summed E-state index contributed by atoms with van der Waals surface area (Å²) in [7, 11) is 0. The summed E-state index contributed by atoms with van der Waals surface area (Å²) in [5.41, 5.74) is 7.72. The van der Waals surface area contributed by atoms with E-state index in [2.05, 4.69) is 104 Å². The monoisotopic (exact) mass is 472 g/mol. The maximum absolute atomic E-state index is 9.15. The van der Waals surface area contributed by atoms with Crippen molar-refractivity contribution in [2.75, 3.05) is 4.90 Å². The lowest BCUT2D eigenvalue weighted by Gasteiger charge is -2.27. The van der Waals surface area contributed by atoms with Gasteiger partial charge < -0.3 is 0 Å². The molecule has 0 atom stereocenters. The maximum atomic E-state index is 9.15. The van der Waals surface area contributed by atoms with Crippen LogP contribution in [0, 0.1) is 31.8 Å². The molecule has 35 heavy (non-hydrogen) atoms. The van der Waals surface area contributed by atoms with Gasteiger partial charge in [0.05, 0.1) is 18.3 Å². The quantitative estimate of drug-likeness (QED) is 0.221. The molecule has 4 nitrogen and oxygen atoms in total. The van der Waals surface area contributed by atoms with E-state index in [-0.39, 0.29) is 11.1 Å². The molecule has 0 saturated carbocycles. The number of aromatic nitrogens is 1. The minimum atomic E-state index is -0.291. The fourth-order valence-corrected chi connectivity index (χ4v) is 5.81. The van der Waals surface area contributed by atoms with E-state index in [4.69, 9.17) is 16.8 Å². The summed E-state index contributed by atoms with van der Waals surface area (Å²) < 4.78 is 0. The topological polar surface area (TPSA) is 44.3 Å². The molecule has 2 aromatic heterocycles. The zero-order valence-corrected chi connectivity index (χ0v) is 20.9. The number of hydrogen-bond acceptors (Lipinski definition) is 4. The van der Waals surface area contributed by atoms with Crippen molar-refractivity contribution in [2.24, 2.45) is 0 Å². The summed E-state index contributed by atoms with van der Waals surface area (Å²) in [5.74, 6) is 0.875. The molecule has 0 amide bonds. The molecule has 2 heterocycles. The van der Waals surface area contributed by atoms with Gasteiger partial charge in [0.15, 0.2) is 0 Å². The average Bonchev–Trinajstić information content (AvgIpc) is 3.37. The standard InChI is InChI=1S/C30H24N4S/c1-19-6-10-22(11-7-19)34(23-12-8-20(2)9-13-23)27-15-14-25-28-26(30(3,4)29(25)33-27)17-24(35-28)16-21(18-31)32-5/h6-17H,1-4H3/b21-16-. The highest BCUT2D eigenvalue weighted by Crippen LogP contribution is 2.52. The van der Waals surface area contributed by atoms with Gasteiger partial charge in [-0.25, -0.2) is 15.1 Å². The summed E-state index contributed by atoms with van der Waals surface area (Å²) in [4.78, 5) is 12.8. The summed E-state index contributed by atoms with van der Waals surface area (Å²) in [5, 5.41) is 9.15. The third-order valence-corrected chi connectivity index (χ3v) is 7.58. The Balaban J connectivity index is 1.63. The first-order valence-corrected chi connectivity index (χ1v) is 12.2. The Hall–Kier alpha value is -4.19. The van der Waals surface area contributed by atoms with E-state index < -0.39 is 0 Å². The van der Waals surface area contributed by atoms with E-state index >= 15 is 0 Å². The predicted octanol–water partition coefficient (Wildman–Crippen LogP) is 8.32. The van der Waals surface area contributed by atoms with E-state index in [0.717, 1.165) is 38.2 Å². The zero-order chi connectivity index (χ0) is 24.7. The molecule has 1 aliphatic carbocycles. The van der Waals surface area contributed by atoms with Gasteiger partial charge in [-0.15, -0.1) is 11.3 Å². The molecule has 1 aliphatic rings. The number of benzene rings is 2. The van der Waals surface area contributed by atoms with E-state index in [9.17, 15) is 0 Å². The van der Waals surface area contributed by atoms with Gasteiger partial charge in [0.2, 0.25) is 0 Å². The van der Waals surface area contributed by atoms with Crippen LogP contribution in [0.5, 0.6) is 0 Å². The highest BCUT2D eigenvalue weighted by molar-refractivity contribution is 7.16. The van der Waals surface area contributed by atoms with Crippen LogP contribution >= 0.6 is 11.3 Å². The molecular formula is C30H24N4S. The zero-order valence-electron chi connectivity index (χ0n) is 20.1. The molecule has 0 aliphatic heterocycles. The number of thiophene rings is 1. The second-order valence-electron chi connectivity index (χ2n) is 9.34. The lowest BCUT2D eigenvalue weighted by Crippen LogP contribution is -2.19. The first-order valence-electron chi connectivity index (χ1n) is 11.4. The fraction of sp³-hybridized carbons (Fsp3) is 0.167. The Kier molecular flexibility index (Phi) is 5.52. The number of aryl methyl sites for hydroxylation is 2. The molecule has 0 bridgehead atoms. The Morgan fingerprint density at radius 2 is 1.60 bits per heavy atom. The fourth-order valence-electron chi connectivity index (χ4n) is 4.53. The minimum Gasteiger partial charge on any atom is -0.295 e. The molecule has 0 radical (unpaired) electrons. The Morgan fingerprint density at radius 3 is 2.14 bits per heavy atom. The predicted molar refractivity (Wildman–Crippen MR) is 144 cm³/mol. The van der Waals surface area contributed by atoms with Crippen LogP contribution in [-0.4, -0.2) is 4.98 Å². The van der Waals surface area contributed by atoms with Gasteiger partial charge in [0.1, 0.15) is 5.82 Å². The van der Waals surface area contributed by atoms with E-state index in [0.29, 0.717) is 0 Å². The smallest absolute Gasteiger partial charge is 0.263 e. The molecule has 170 valence electrons. The lowest BCUT2D eigenvalue weighted by atomic mass is 9.86. The number of hydrogen-bond donors (Lipinski definition) is 0. The minimum absolute atomic E-state index is 0.100. The van der Waals surface area contributed by atoms with Crippen molar-refractivity contribution in [3.63, 3.8) is 0 Å². The summed E-state index contributed by atoms with van der Waals surface area (Å²) in [6, 6.07) is 25.3.